The van der Waals surface area contributed by atoms with Gasteiger partial charge in [-0.2, -0.15) is 0 Å². The van der Waals surface area contributed by atoms with Gasteiger partial charge in [-0.25, -0.2) is 0 Å². The van der Waals surface area contributed by atoms with E-state index >= 15 is 0 Å². The van der Waals surface area contributed by atoms with Crippen LogP contribution < -0.4 is 5.32 Å². The Labute approximate surface area is 90.4 Å². The van der Waals surface area contributed by atoms with Crippen molar-refractivity contribution in [2.24, 2.45) is 47.3 Å². The van der Waals surface area contributed by atoms with E-state index in [9.17, 15) is 0 Å². The molecule has 9 unspecified atom stereocenters. The maximum atomic E-state index is 8.96. The van der Waals surface area contributed by atoms with Crippen molar-refractivity contribution in [2.45, 2.75) is 18.9 Å². The maximum Gasteiger partial charge on any atom is 0.0556 e. The van der Waals surface area contributed by atoms with Crippen LogP contribution in [0, 0.1) is 47.3 Å². The van der Waals surface area contributed by atoms with Crippen LogP contribution in [0.5, 0.6) is 0 Å². The van der Waals surface area contributed by atoms with Crippen LogP contribution in [0.2, 0.25) is 0 Å². The number of nitrogens with one attached hydrogen (secondary N) is 1. The monoisotopic (exact) mass is 205 g/mol. The third-order valence-electron chi connectivity index (χ3n) is 6.82. The van der Waals surface area contributed by atoms with Gasteiger partial charge in [0.15, 0.2) is 0 Å². The Morgan fingerprint density at radius 1 is 0.867 bits per heavy atom. The zero-order valence-electron chi connectivity index (χ0n) is 8.97. The van der Waals surface area contributed by atoms with Crippen LogP contribution in [-0.2, 0) is 0 Å². The van der Waals surface area contributed by atoms with E-state index in [0.717, 1.165) is 54.0 Å². The Balaban J connectivity index is 1.54. The van der Waals surface area contributed by atoms with Crippen molar-refractivity contribution < 1.29 is 5.11 Å². The molecule has 2 heteroatoms. The standard InChI is InChI=1S/C13H19NO/c15-2-1-14-13-10-6-4-7-9-5(6)3-8(10)11(9)12(7)13/h5-15H,1-4H2. The summed E-state index contributed by atoms with van der Waals surface area (Å²) < 4.78 is 0. The smallest absolute Gasteiger partial charge is 0.0556 e. The zero-order chi connectivity index (χ0) is 9.73. The number of aliphatic hydroxyl groups excluding tert-OH is 1. The third kappa shape index (κ3) is 0.632. The Kier molecular flexibility index (Phi) is 1.23. The molecule has 5 aliphatic carbocycles. The maximum absolute atomic E-state index is 8.96. The average Bonchev–Trinajstić information content (AvgIpc) is 2.73. The van der Waals surface area contributed by atoms with Crippen LogP contribution in [0.4, 0.5) is 0 Å². The normalized spacial score (nSPS) is 70.6. The molecule has 2 bridgehead atoms. The van der Waals surface area contributed by atoms with E-state index < -0.39 is 0 Å². The fourth-order valence-electron chi connectivity index (χ4n) is 6.98. The second kappa shape index (κ2) is 2.28. The van der Waals surface area contributed by atoms with Crippen LogP contribution in [0.3, 0.4) is 0 Å². The minimum atomic E-state index is 0.313. The van der Waals surface area contributed by atoms with Crippen LogP contribution in [-0.4, -0.2) is 24.3 Å². The van der Waals surface area contributed by atoms with Gasteiger partial charge < -0.3 is 10.4 Å². The summed E-state index contributed by atoms with van der Waals surface area (Å²) in [5, 5.41) is 12.6. The molecule has 5 fully saturated rings. The van der Waals surface area contributed by atoms with Crippen molar-refractivity contribution in [1.29, 1.82) is 0 Å². The first-order chi connectivity index (χ1) is 7.42. The summed E-state index contributed by atoms with van der Waals surface area (Å²) in [4.78, 5) is 0. The Morgan fingerprint density at radius 2 is 1.60 bits per heavy atom. The summed E-state index contributed by atoms with van der Waals surface area (Å²) in [6.07, 6.45) is 3.16. The van der Waals surface area contributed by atoms with Gasteiger partial charge in [0, 0.05) is 12.6 Å². The molecule has 9 atom stereocenters. The minimum Gasteiger partial charge on any atom is -0.395 e. The van der Waals surface area contributed by atoms with Gasteiger partial charge in [-0.3, -0.25) is 0 Å². The highest BCUT2D eigenvalue weighted by molar-refractivity contribution is 5.29. The molecule has 0 radical (unpaired) electrons. The van der Waals surface area contributed by atoms with E-state index in [-0.39, 0.29) is 0 Å². The molecule has 82 valence electrons. The summed E-state index contributed by atoms with van der Waals surface area (Å²) in [7, 11) is 0. The first-order valence-electron chi connectivity index (χ1n) is 6.76. The summed E-state index contributed by atoms with van der Waals surface area (Å²) in [5.41, 5.74) is 0. The summed E-state index contributed by atoms with van der Waals surface area (Å²) in [6, 6.07) is 0.805. The fraction of sp³-hybridized carbons (Fsp3) is 1.00. The first-order valence-corrected chi connectivity index (χ1v) is 6.76. The second-order valence-electron chi connectivity index (χ2n) is 6.64. The topological polar surface area (TPSA) is 32.3 Å². The highest BCUT2D eigenvalue weighted by Gasteiger charge is 2.80. The van der Waals surface area contributed by atoms with Gasteiger partial charge in [-0.05, 0) is 60.2 Å². The molecule has 0 aromatic rings. The lowest BCUT2D eigenvalue weighted by molar-refractivity contribution is 0.00909. The van der Waals surface area contributed by atoms with Gasteiger partial charge >= 0.3 is 0 Å². The van der Waals surface area contributed by atoms with Crippen LogP contribution >= 0.6 is 0 Å². The number of rotatable bonds is 3. The van der Waals surface area contributed by atoms with Crippen molar-refractivity contribution in [3.63, 3.8) is 0 Å². The minimum absolute atomic E-state index is 0.313. The van der Waals surface area contributed by atoms with Crippen molar-refractivity contribution in [3.05, 3.63) is 0 Å². The van der Waals surface area contributed by atoms with Gasteiger partial charge in [0.1, 0.15) is 0 Å². The SMILES string of the molecule is OCCNC1C2C3CC4C5C3CC2C5C41. The predicted octanol–water partition coefficient (Wildman–Crippen LogP) is 0.715. The molecule has 2 N–H and O–H groups in total. The molecule has 0 heterocycles. The molecule has 2 nitrogen and oxygen atoms in total. The Bertz CT molecular complexity index is 324. The van der Waals surface area contributed by atoms with Crippen LogP contribution in [0.15, 0.2) is 0 Å². The fourth-order valence-corrected chi connectivity index (χ4v) is 6.98. The predicted molar refractivity (Wildman–Crippen MR) is 56.0 cm³/mol. The molecule has 15 heavy (non-hydrogen) atoms. The van der Waals surface area contributed by atoms with Gasteiger partial charge in [-0.1, -0.05) is 0 Å². The van der Waals surface area contributed by atoms with E-state index in [0.29, 0.717) is 6.61 Å². The van der Waals surface area contributed by atoms with Gasteiger partial charge in [0.05, 0.1) is 6.61 Å². The largest absolute Gasteiger partial charge is 0.395 e. The molecular weight excluding hydrogens is 186 g/mol. The van der Waals surface area contributed by atoms with E-state index in [1.807, 2.05) is 0 Å². The molecule has 0 aromatic carbocycles. The van der Waals surface area contributed by atoms with Crippen molar-refractivity contribution in [3.8, 4) is 0 Å². The Hall–Kier alpha value is -0.0800. The molecule has 0 saturated heterocycles. The second-order valence-corrected chi connectivity index (χ2v) is 6.64. The van der Waals surface area contributed by atoms with E-state index in [2.05, 4.69) is 5.32 Å². The molecule has 5 aliphatic rings. The van der Waals surface area contributed by atoms with Gasteiger partial charge in [-0.15, -0.1) is 0 Å². The lowest BCUT2D eigenvalue weighted by atomic mass is 9.59. The summed E-state index contributed by atoms with van der Waals surface area (Å²) in [6.45, 7) is 1.14. The lowest BCUT2D eigenvalue weighted by Gasteiger charge is -2.48. The Morgan fingerprint density at radius 3 is 2.40 bits per heavy atom. The van der Waals surface area contributed by atoms with Crippen molar-refractivity contribution >= 4 is 0 Å². The molecule has 5 saturated carbocycles. The zero-order valence-corrected chi connectivity index (χ0v) is 8.97. The molecular formula is C13H19NO. The number of fused-ring (bicyclic) bond motifs is 2. The molecule has 0 aliphatic heterocycles. The van der Waals surface area contributed by atoms with E-state index in [1.165, 1.54) is 5.92 Å². The summed E-state index contributed by atoms with van der Waals surface area (Å²) in [5.74, 6) is 8.78. The first kappa shape index (κ1) is 8.08. The van der Waals surface area contributed by atoms with Gasteiger partial charge in [0.2, 0.25) is 0 Å². The van der Waals surface area contributed by atoms with Crippen molar-refractivity contribution in [1.82, 2.24) is 5.32 Å². The molecule has 0 spiro atoms. The average molecular weight is 205 g/mol. The number of hydrogen-bond donors (Lipinski definition) is 2. The number of hydrogen-bond acceptors (Lipinski definition) is 2. The van der Waals surface area contributed by atoms with Crippen molar-refractivity contribution in [2.75, 3.05) is 13.2 Å². The quantitative estimate of drug-likeness (QED) is 0.711. The van der Waals surface area contributed by atoms with E-state index in [4.69, 9.17) is 5.11 Å². The van der Waals surface area contributed by atoms with Gasteiger partial charge in [0.25, 0.3) is 0 Å². The molecule has 0 amide bonds. The van der Waals surface area contributed by atoms with E-state index in [1.54, 1.807) is 12.8 Å². The van der Waals surface area contributed by atoms with Crippen LogP contribution in [0.1, 0.15) is 12.8 Å². The highest BCUT2D eigenvalue weighted by Crippen LogP contribution is 2.82. The molecule has 0 aromatic heterocycles. The lowest BCUT2D eigenvalue weighted by Crippen LogP contribution is -2.51. The molecule has 5 rings (SSSR count). The number of aliphatic hydroxyl groups is 1. The summed E-state index contributed by atoms with van der Waals surface area (Å²) >= 11 is 0. The third-order valence-corrected chi connectivity index (χ3v) is 6.82. The van der Waals surface area contributed by atoms with Crippen LogP contribution in [0.25, 0.3) is 0 Å². The highest BCUT2D eigenvalue weighted by atomic mass is 16.3.